The summed E-state index contributed by atoms with van der Waals surface area (Å²) in [6.07, 6.45) is 3.30. The molecular weight excluding hydrogens is 314 g/mol. The van der Waals surface area contributed by atoms with E-state index in [0.717, 1.165) is 48.2 Å². The lowest BCUT2D eigenvalue weighted by Crippen LogP contribution is -2.19. The first-order valence-corrected chi connectivity index (χ1v) is 9.19. The van der Waals surface area contributed by atoms with E-state index in [1.165, 1.54) is 5.56 Å². The topological polar surface area (TPSA) is 30.7 Å². The van der Waals surface area contributed by atoms with Crippen molar-refractivity contribution in [1.29, 1.82) is 0 Å². The average Bonchev–Trinajstić information content (AvgIpc) is 3.21. The Labute approximate surface area is 140 Å². The zero-order valence-corrected chi connectivity index (χ0v) is 14.5. The second-order valence-corrected chi connectivity index (χ2v) is 9.20. The molecule has 0 saturated heterocycles. The monoisotopic (exact) mass is 333 g/mol. The van der Waals surface area contributed by atoms with E-state index in [9.17, 15) is 0 Å². The molecule has 1 aliphatic heterocycles. The van der Waals surface area contributed by atoms with E-state index in [2.05, 4.69) is 40.7 Å². The fourth-order valence-electron chi connectivity index (χ4n) is 3.44. The maximum absolute atomic E-state index is 6.04. The fourth-order valence-corrected chi connectivity index (χ4v) is 4.62. The van der Waals surface area contributed by atoms with E-state index in [4.69, 9.17) is 11.6 Å². The van der Waals surface area contributed by atoms with Crippen LogP contribution < -0.4 is 0 Å². The fraction of sp³-hybridized carbons (Fsp3) is 0.529. The van der Waals surface area contributed by atoms with E-state index in [0.29, 0.717) is 0 Å². The Morgan fingerprint density at radius 3 is 2.55 bits per heavy atom. The van der Waals surface area contributed by atoms with Crippen LogP contribution in [0.1, 0.15) is 43.9 Å². The zero-order valence-electron chi connectivity index (χ0n) is 13.0. The smallest absolute Gasteiger partial charge is 0.143 e. The first kappa shape index (κ1) is 14.6. The Morgan fingerprint density at radius 1 is 1.14 bits per heavy atom. The number of hydrogen-bond acceptors (Lipinski definition) is 3. The number of aromatic nitrogens is 3. The van der Waals surface area contributed by atoms with E-state index in [-0.39, 0.29) is 10.2 Å². The predicted molar refractivity (Wildman–Crippen MR) is 91.7 cm³/mol. The normalized spacial score (nSPS) is 22.0. The molecule has 0 N–H and O–H groups in total. The summed E-state index contributed by atoms with van der Waals surface area (Å²) in [6.45, 7) is 5.61. The molecular formula is C17H20ClN3S. The highest BCUT2D eigenvalue weighted by molar-refractivity contribution is 8.00. The lowest BCUT2D eigenvalue weighted by molar-refractivity contribution is 0.607. The van der Waals surface area contributed by atoms with Crippen LogP contribution in [0.25, 0.3) is 0 Å². The minimum absolute atomic E-state index is 0.0645. The second kappa shape index (κ2) is 5.00. The van der Waals surface area contributed by atoms with Crippen molar-refractivity contribution < 1.29 is 0 Å². The van der Waals surface area contributed by atoms with Gasteiger partial charge in [0, 0.05) is 28.5 Å². The Balaban J connectivity index is 1.75. The first-order valence-electron chi connectivity index (χ1n) is 7.83. The largest absolute Gasteiger partial charge is 0.313 e. The predicted octanol–water partition coefficient (Wildman–Crippen LogP) is 4.08. The van der Waals surface area contributed by atoms with Gasteiger partial charge in [-0.25, -0.2) is 0 Å². The van der Waals surface area contributed by atoms with Crippen LogP contribution in [0.3, 0.4) is 0 Å². The Hall–Kier alpha value is -1.000. The van der Waals surface area contributed by atoms with Crippen LogP contribution in [-0.4, -0.2) is 25.3 Å². The van der Waals surface area contributed by atoms with Crippen LogP contribution in [0.15, 0.2) is 24.3 Å². The maximum atomic E-state index is 6.04. The van der Waals surface area contributed by atoms with Crippen molar-refractivity contribution in [3.8, 4) is 0 Å². The van der Waals surface area contributed by atoms with E-state index in [1.54, 1.807) is 0 Å². The van der Waals surface area contributed by atoms with Gasteiger partial charge in [0.2, 0.25) is 0 Å². The summed E-state index contributed by atoms with van der Waals surface area (Å²) < 4.78 is 2.62. The van der Waals surface area contributed by atoms with Gasteiger partial charge in [0.1, 0.15) is 11.6 Å². The molecule has 0 spiro atoms. The van der Waals surface area contributed by atoms with Crippen LogP contribution in [0.4, 0.5) is 0 Å². The average molecular weight is 334 g/mol. The van der Waals surface area contributed by atoms with Crippen LogP contribution in [0.5, 0.6) is 0 Å². The third kappa shape index (κ3) is 2.37. The van der Waals surface area contributed by atoms with Crippen LogP contribution in [0.2, 0.25) is 5.02 Å². The van der Waals surface area contributed by atoms with Gasteiger partial charge in [-0.2, -0.15) is 11.8 Å². The Bertz CT molecular complexity index is 701. The molecule has 1 saturated carbocycles. The first-order chi connectivity index (χ1) is 10.5. The van der Waals surface area contributed by atoms with Crippen LogP contribution >= 0.6 is 23.4 Å². The van der Waals surface area contributed by atoms with Crippen molar-refractivity contribution >= 4 is 23.4 Å². The standard InChI is InChI=1S/C17H20ClN3S/c1-16(2)11-14-19-20-15(21(14)9-10-22-16)17(7-8-17)12-3-5-13(18)6-4-12/h3-6H,7-11H2,1-2H3. The highest BCUT2D eigenvalue weighted by Crippen LogP contribution is 2.53. The third-order valence-corrected chi connectivity index (χ3v) is 6.36. The van der Waals surface area contributed by atoms with Crippen molar-refractivity contribution in [3.05, 3.63) is 46.5 Å². The number of rotatable bonds is 2. The molecule has 2 aliphatic rings. The molecule has 0 bridgehead atoms. The van der Waals surface area contributed by atoms with Crippen molar-refractivity contribution in [2.45, 2.75) is 49.8 Å². The molecule has 2 aromatic rings. The highest BCUT2D eigenvalue weighted by atomic mass is 35.5. The minimum atomic E-state index is 0.0645. The van der Waals surface area contributed by atoms with E-state index < -0.39 is 0 Å². The quantitative estimate of drug-likeness (QED) is 0.829. The number of fused-ring (bicyclic) bond motifs is 1. The lowest BCUT2D eigenvalue weighted by atomic mass is 9.95. The van der Waals surface area contributed by atoms with Gasteiger partial charge in [0.05, 0.1) is 5.41 Å². The van der Waals surface area contributed by atoms with Crippen LogP contribution in [0, 0.1) is 0 Å². The summed E-state index contributed by atoms with van der Waals surface area (Å²) >= 11 is 8.07. The molecule has 0 atom stereocenters. The van der Waals surface area contributed by atoms with Crippen molar-refractivity contribution in [3.63, 3.8) is 0 Å². The number of thioether (sulfide) groups is 1. The molecule has 1 fully saturated rings. The van der Waals surface area contributed by atoms with Crippen molar-refractivity contribution in [1.82, 2.24) is 14.8 Å². The summed E-state index contributed by atoms with van der Waals surface area (Å²) in [7, 11) is 0. The maximum Gasteiger partial charge on any atom is 0.143 e. The summed E-state index contributed by atoms with van der Waals surface area (Å²) in [5.74, 6) is 3.43. The molecule has 1 aliphatic carbocycles. The molecule has 3 nitrogen and oxygen atoms in total. The van der Waals surface area contributed by atoms with E-state index in [1.807, 2.05) is 23.9 Å². The molecule has 0 unspecified atom stereocenters. The SMILES string of the molecule is CC1(C)Cc2nnc(C3(c4ccc(Cl)cc4)CC3)n2CCS1. The number of hydrogen-bond donors (Lipinski definition) is 0. The molecule has 0 amide bonds. The molecule has 4 rings (SSSR count). The number of nitrogens with zero attached hydrogens (tertiary/aromatic N) is 3. The molecule has 5 heteroatoms. The van der Waals surface area contributed by atoms with Gasteiger partial charge < -0.3 is 4.57 Å². The van der Waals surface area contributed by atoms with Gasteiger partial charge in [0.25, 0.3) is 0 Å². The van der Waals surface area contributed by atoms with Gasteiger partial charge in [-0.05, 0) is 30.5 Å². The van der Waals surface area contributed by atoms with Crippen molar-refractivity contribution in [2.24, 2.45) is 0 Å². The summed E-state index contributed by atoms with van der Waals surface area (Å²) in [5, 5.41) is 9.93. The van der Waals surface area contributed by atoms with Gasteiger partial charge in [-0.3, -0.25) is 0 Å². The van der Waals surface area contributed by atoms with Gasteiger partial charge in [-0.15, -0.1) is 10.2 Å². The Morgan fingerprint density at radius 2 is 1.86 bits per heavy atom. The van der Waals surface area contributed by atoms with Crippen molar-refractivity contribution in [2.75, 3.05) is 5.75 Å². The molecule has 116 valence electrons. The third-order valence-electron chi connectivity index (χ3n) is 4.79. The number of benzene rings is 1. The van der Waals surface area contributed by atoms with E-state index >= 15 is 0 Å². The highest BCUT2D eigenvalue weighted by Gasteiger charge is 2.50. The summed E-state index contributed by atoms with van der Waals surface area (Å²) in [5.41, 5.74) is 1.39. The molecule has 0 radical (unpaired) electrons. The van der Waals surface area contributed by atoms with Gasteiger partial charge >= 0.3 is 0 Å². The Kier molecular flexibility index (Phi) is 3.31. The number of halogens is 1. The summed E-state index contributed by atoms with van der Waals surface area (Å²) in [4.78, 5) is 0. The minimum Gasteiger partial charge on any atom is -0.313 e. The molecule has 1 aromatic carbocycles. The van der Waals surface area contributed by atoms with Gasteiger partial charge in [0.15, 0.2) is 0 Å². The second-order valence-electron chi connectivity index (χ2n) is 6.97. The zero-order chi connectivity index (χ0) is 15.4. The molecule has 1 aromatic heterocycles. The molecule has 22 heavy (non-hydrogen) atoms. The summed E-state index contributed by atoms with van der Waals surface area (Å²) in [6, 6.07) is 8.25. The molecule has 2 heterocycles. The van der Waals surface area contributed by atoms with Gasteiger partial charge in [-0.1, -0.05) is 37.6 Å². The lowest BCUT2D eigenvalue weighted by Gasteiger charge is -2.19. The van der Waals surface area contributed by atoms with Crippen LogP contribution in [-0.2, 0) is 18.4 Å².